The van der Waals surface area contributed by atoms with Gasteiger partial charge in [0.2, 0.25) is 0 Å². The van der Waals surface area contributed by atoms with E-state index in [-0.39, 0.29) is 24.5 Å². The number of aliphatic carboxylic acids is 2. The maximum Gasteiger partial charge on any atom is 0.311 e. The van der Waals surface area contributed by atoms with Crippen molar-refractivity contribution >= 4 is 17.7 Å². The van der Waals surface area contributed by atoms with Gasteiger partial charge >= 0.3 is 11.9 Å². The fraction of sp³-hybridized carbons (Fsp3) is 0.792. The molecule has 3 N–H and O–H groups in total. The van der Waals surface area contributed by atoms with Crippen molar-refractivity contribution in [2.24, 2.45) is 39.4 Å². The lowest BCUT2D eigenvalue weighted by molar-refractivity contribution is -0.193. The van der Waals surface area contributed by atoms with Crippen molar-refractivity contribution in [1.82, 2.24) is 5.32 Å². The largest absolute Gasteiger partial charge is 0.481 e. The average molecular weight is 418 g/mol. The topological polar surface area (TPSA) is 104 Å². The molecule has 1 heterocycles. The van der Waals surface area contributed by atoms with Gasteiger partial charge in [0.15, 0.2) is 5.78 Å². The van der Waals surface area contributed by atoms with Gasteiger partial charge in [-0.2, -0.15) is 0 Å². The van der Waals surface area contributed by atoms with E-state index < -0.39 is 28.2 Å². The molecule has 1 unspecified atom stereocenters. The predicted octanol–water partition coefficient (Wildman–Crippen LogP) is 3.86. The fourth-order valence-corrected chi connectivity index (χ4v) is 8.36. The third-order valence-electron chi connectivity index (χ3n) is 9.79. The first-order valence-electron chi connectivity index (χ1n) is 11.3. The van der Waals surface area contributed by atoms with Gasteiger partial charge in [-0.1, -0.05) is 34.1 Å². The first kappa shape index (κ1) is 21.4. The summed E-state index contributed by atoms with van der Waals surface area (Å²) in [6.45, 7) is 8.61. The molecule has 0 spiro atoms. The van der Waals surface area contributed by atoms with Gasteiger partial charge in [0, 0.05) is 30.2 Å². The first-order chi connectivity index (χ1) is 13.9. The highest BCUT2D eigenvalue weighted by Crippen LogP contribution is 2.70. The third kappa shape index (κ3) is 2.57. The minimum atomic E-state index is -1.47. The Kier molecular flexibility index (Phi) is 4.68. The second kappa shape index (κ2) is 6.57. The Hall–Kier alpha value is -1.85. The van der Waals surface area contributed by atoms with E-state index in [9.17, 15) is 24.6 Å². The molecule has 0 bridgehead atoms. The molecule has 0 aromatic rings. The van der Waals surface area contributed by atoms with E-state index in [0.29, 0.717) is 22.9 Å². The maximum absolute atomic E-state index is 13.1. The molecular weight excluding hydrogens is 382 g/mol. The highest BCUT2D eigenvalue weighted by Gasteiger charge is 2.71. The molecule has 0 radical (unpaired) electrons. The monoisotopic (exact) mass is 417 g/mol. The number of hydrogen-bond acceptors (Lipinski definition) is 4. The predicted molar refractivity (Wildman–Crippen MR) is 112 cm³/mol. The average Bonchev–Trinajstić information content (AvgIpc) is 3.02. The summed E-state index contributed by atoms with van der Waals surface area (Å²) in [7, 11) is 0. The van der Waals surface area contributed by atoms with Crippen LogP contribution in [0.1, 0.15) is 72.6 Å². The second-order valence-electron chi connectivity index (χ2n) is 11.4. The Bertz CT molecular complexity index is 831. The van der Waals surface area contributed by atoms with E-state index in [1.807, 2.05) is 6.92 Å². The molecule has 6 nitrogen and oxygen atoms in total. The molecule has 30 heavy (non-hydrogen) atoms. The van der Waals surface area contributed by atoms with Crippen LogP contribution in [0.15, 0.2) is 11.8 Å². The summed E-state index contributed by atoms with van der Waals surface area (Å²) in [5.41, 5.74) is -2.34. The van der Waals surface area contributed by atoms with Crippen LogP contribution in [0.4, 0.5) is 0 Å². The van der Waals surface area contributed by atoms with Crippen LogP contribution in [0.25, 0.3) is 0 Å². The van der Waals surface area contributed by atoms with Crippen LogP contribution in [-0.4, -0.2) is 34.5 Å². The van der Waals surface area contributed by atoms with E-state index >= 15 is 0 Å². The molecule has 1 saturated heterocycles. The maximum atomic E-state index is 13.1. The number of nitrogens with one attached hydrogen (secondary N) is 1. The van der Waals surface area contributed by atoms with Crippen LogP contribution in [0.3, 0.4) is 0 Å². The van der Waals surface area contributed by atoms with E-state index in [1.165, 1.54) is 19.3 Å². The second-order valence-corrected chi connectivity index (χ2v) is 11.4. The minimum absolute atomic E-state index is 0.124. The van der Waals surface area contributed by atoms with Gasteiger partial charge in [-0.25, -0.2) is 0 Å². The SMILES string of the molecule is CC(C)(CC(=O)O)C1(C(=O)O)CC(=O)C=C2NC[C@H]3[C@@H]4CCC[C@@]4(C)CC[C@@H]3[C@]21C. The summed E-state index contributed by atoms with van der Waals surface area (Å²) in [6, 6.07) is 0. The molecule has 4 rings (SSSR count). The minimum Gasteiger partial charge on any atom is -0.481 e. The van der Waals surface area contributed by atoms with Gasteiger partial charge in [-0.3, -0.25) is 14.4 Å². The van der Waals surface area contributed by atoms with Gasteiger partial charge < -0.3 is 15.5 Å². The number of hydrogen-bond donors (Lipinski definition) is 3. The summed E-state index contributed by atoms with van der Waals surface area (Å²) < 4.78 is 0. The molecule has 3 fully saturated rings. The Labute approximate surface area is 178 Å². The third-order valence-corrected chi connectivity index (χ3v) is 9.79. The van der Waals surface area contributed by atoms with E-state index in [4.69, 9.17) is 0 Å². The Balaban J connectivity index is 1.90. The molecule has 3 aliphatic carbocycles. The summed E-state index contributed by atoms with van der Waals surface area (Å²) in [6.07, 6.45) is 6.81. The number of carbonyl (C=O) groups is 3. The Morgan fingerprint density at radius 2 is 1.87 bits per heavy atom. The smallest absolute Gasteiger partial charge is 0.311 e. The van der Waals surface area contributed by atoms with Gasteiger partial charge in [-0.05, 0) is 54.3 Å². The van der Waals surface area contributed by atoms with Crippen LogP contribution >= 0.6 is 0 Å². The van der Waals surface area contributed by atoms with Crippen LogP contribution in [0.2, 0.25) is 0 Å². The van der Waals surface area contributed by atoms with E-state index in [0.717, 1.165) is 19.4 Å². The summed E-state index contributed by atoms with van der Waals surface area (Å²) in [4.78, 5) is 37.6. The van der Waals surface area contributed by atoms with Crippen molar-refractivity contribution in [2.45, 2.75) is 72.6 Å². The zero-order valence-corrected chi connectivity index (χ0v) is 18.6. The number of ketones is 1. The number of carbonyl (C=O) groups excluding carboxylic acids is 1. The van der Waals surface area contributed by atoms with Crippen LogP contribution in [0.5, 0.6) is 0 Å². The highest BCUT2D eigenvalue weighted by atomic mass is 16.4. The fourth-order valence-electron chi connectivity index (χ4n) is 8.36. The summed E-state index contributed by atoms with van der Waals surface area (Å²) >= 11 is 0. The quantitative estimate of drug-likeness (QED) is 0.642. The normalized spacial score (nSPS) is 43.0. The van der Waals surface area contributed by atoms with Crippen molar-refractivity contribution in [3.63, 3.8) is 0 Å². The highest BCUT2D eigenvalue weighted by molar-refractivity contribution is 5.97. The van der Waals surface area contributed by atoms with Crippen LogP contribution in [0, 0.1) is 39.4 Å². The van der Waals surface area contributed by atoms with Gasteiger partial charge in [0.25, 0.3) is 0 Å². The first-order valence-corrected chi connectivity index (χ1v) is 11.3. The molecular formula is C24H35NO5. The molecule has 0 aromatic heterocycles. The van der Waals surface area contributed by atoms with Crippen molar-refractivity contribution in [3.05, 3.63) is 11.8 Å². The number of carboxylic acids is 2. The molecule has 166 valence electrons. The lowest BCUT2D eigenvalue weighted by atomic mass is 9.39. The molecule has 4 aliphatic rings. The van der Waals surface area contributed by atoms with E-state index in [2.05, 4.69) is 12.2 Å². The van der Waals surface area contributed by atoms with Crippen LogP contribution < -0.4 is 5.32 Å². The number of piperidine rings is 1. The summed E-state index contributed by atoms with van der Waals surface area (Å²) in [5, 5.41) is 23.8. The number of carboxylic acid groups (broad SMARTS) is 2. The standard InChI is InChI=1S/C24H35NO5/c1-21(2,12-19(27)28)24(20(29)30)11-14(26)10-18-23(24,4)17-7-9-22(3)8-5-6-16(22)15(17)13-25-18/h10,15-17,25H,5-9,11-13H2,1-4H3,(H,27,28)(H,29,30)/t15-,16-,17-,22-,23+,24?/m0/s1. The molecule has 6 heteroatoms. The number of allylic oxidation sites excluding steroid dienone is 2. The zero-order chi connectivity index (χ0) is 22.1. The number of rotatable bonds is 4. The zero-order valence-electron chi connectivity index (χ0n) is 18.6. The summed E-state index contributed by atoms with van der Waals surface area (Å²) in [5.74, 6) is -1.28. The van der Waals surface area contributed by atoms with Gasteiger partial charge in [0.1, 0.15) is 0 Å². The molecule has 6 atom stereocenters. The van der Waals surface area contributed by atoms with Crippen molar-refractivity contribution in [2.75, 3.05) is 6.54 Å². The number of fused-ring (bicyclic) bond motifs is 5. The molecule has 1 aliphatic heterocycles. The van der Waals surface area contributed by atoms with Crippen LogP contribution in [-0.2, 0) is 14.4 Å². The van der Waals surface area contributed by atoms with Gasteiger partial charge in [0.05, 0.1) is 11.8 Å². The lowest BCUT2D eigenvalue weighted by Crippen LogP contribution is -2.68. The Morgan fingerprint density at radius 3 is 2.50 bits per heavy atom. The van der Waals surface area contributed by atoms with Gasteiger partial charge in [-0.15, -0.1) is 0 Å². The van der Waals surface area contributed by atoms with E-state index in [1.54, 1.807) is 19.9 Å². The lowest BCUT2D eigenvalue weighted by Gasteiger charge is -2.65. The molecule has 0 aromatic carbocycles. The van der Waals surface area contributed by atoms with Crippen molar-refractivity contribution in [1.29, 1.82) is 0 Å². The van der Waals surface area contributed by atoms with Crippen molar-refractivity contribution in [3.8, 4) is 0 Å². The van der Waals surface area contributed by atoms with Crippen molar-refractivity contribution < 1.29 is 24.6 Å². The molecule has 2 saturated carbocycles. The molecule has 0 amide bonds. The Morgan fingerprint density at radius 1 is 1.17 bits per heavy atom.